The minimum atomic E-state index is -0.605. The fourth-order valence-electron chi connectivity index (χ4n) is 3.04. The van der Waals surface area contributed by atoms with Crippen LogP contribution in [0.2, 0.25) is 0 Å². The van der Waals surface area contributed by atoms with Crippen LogP contribution in [0, 0.1) is 5.92 Å². The highest BCUT2D eigenvalue weighted by atomic mass is 16.5. The third-order valence-corrected chi connectivity index (χ3v) is 4.61. The third kappa shape index (κ3) is 6.84. The lowest BCUT2D eigenvalue weighted by Crippen LogP contribution is -2.34. The van der Waals surface area contributed by atoms with Gasteiger partial charge in [0, 0.05) is 17.3 Å². The quantitative estimate of drug-likeness (QED) is 0.473. The molecule has 0 saturated carbocycles. The molecule has 3 N–H and O–H groups in total. The first kappa shape index (κ1) is 23.3. The number of carbonyl (C=O) groups excluding carboxylic acids is 1. The number of hydrogen-bond acceptors (Lipinski definition) is 5. The van der Waals surface area contributed by atoms with E-state index in [9.17, 15) is 9.90 Å². The molecule has 1 atom stereocenters. The fraction of sp³-hybridized carbons (Fsp3) is 0.435. The Morgan fingerprint density at radius 2 is 1.77 bits per heavy atom. The molecule has 2 aromatic carbocycles. The Morgan fingerprint density at radius 3 is 2.43 bits per heavy atom. The van der Waals surface area contributed by atoms with Crippen LogP contribution in [-0.4, -0.2) is 38.6 Å². The van der Waals surface area contributed by atoms with Crippen molar-refractivity contribution < 1.29 is 24.1 Å². The molecule has 0 aliphatic carbocycles. The monoisotopic (exact) mass is 416 g/mol. The Bertz CT molecular complexity index is 810. The van der Waals surface area contributed by atoms with Gasteiger partial charge < -0.3 is 30.0 Å². The summed E-state index contributed by atoms with van der Waals surface area (Å²) < 4.78 is 16.5. The lowest BCUT2D eigenvalue weighted by Gasteiger charge is -2.20. The first-order chi connectivity index (χ1) is 14.5. The molecule has 7 nitrogen and oxygen atoms in total. The third-order valence-electron chi connectivity index (χ3n) is 4.61. The highest BCUT2D eigenvalue weighted by Gasteiger charge is 2.18. The van der Waals surface area contributed by atoms with E-state index in [1.807, 2.05) is 12.1 Å². The number of ether oxygens (including phenoxy) is 3. The van der Waals surface area contributed by atoms with E-state index in [4.69, 9.17) is 14.2 Å². The molecule has 0 saturated heterocycles. The lowest BCUT2D eigenvalue weighted by atomic mass is 10.1. The van der Waals surface area contributed by atoms with Gasteiger partial charge in [0.25, 0.3) is 0 Å². The van der Waals surface area contributed by atoms with Crippen LogP contribution in [0.15, 0.2) is 42.5 Å². The van der Waals surface area contributed by atoms with E-state index in [2.05, 4.69) is 24.5 Å². The summed E-state index contributed by atoms with van der Waals surface area (Å²) in [5.74, 6) is 2.39. The molecule has 164 valence electrons. The zero-order valence-corrected chi connectivity index (χ0v) is 18.1. The zero-order valence-electron chi connectivity index (χ0n) is 18.1. The van der Waals surface area contributed by atoms with Crippen molar-refractivity contribution in [3.8, 4) is 17.2 Å². The smallest absolute Gasteiger partial charge is 0.319 e. The summed E-state index contributed by atoms with van der Waals surface area (Å²) >= 11 is 0. The summed E-state index contributed by atoms with van der Waals surface area (Å²) in [6.45, 7) is 4.66. The van der Waals surface area contributed by atoms with Crippen LogP contribution in [0.5, 0.6) is 17.2 Å². The molecule has 7 heteroatoms. The molecule has 0 aromatic heterocycles. The van der Waals surface area contributed by atoms with Crippen molar-refractivity contribution in [3.05, 3.63) is 48.0 Å². The normalized spacial score (nSPS) is 11.7. The number of rotatable bonds is 11. The van der Waals surface area contributed by atoms with E-state index in [0.29, 0.717) is 41.0 Å². The van der Waals surface area contributed by atoms with Crippen molar-refractivity contribution in [1.29, 1.82) is 0 Å². The van der Waals surface area contributed by atoms with E-state index in [1.54, 1.807) is 44.6 Å². The summed E-state index contributed by atoms with van der Waals surface area (Å²) in [6, 6.07) is 11.4. The van der Waals surface area contributed by atoms with Crippen LogP contribution in [0.25, 0.3) is 0 Å². The van der Waals surface area contributed by atoms with Crippen LogP contribution in [0.3, 0.4) is 0 Å². The Hall–Kier alpha value is -2.93. The second-order valence-electron chi connectivity index (χ2n) is 7.33. The Balaban J connectivity index is 2.03. The Labute approximate surface area is 178 Å². The molecule has 2 rings (SSSR count). The molecule has 0 aliphatic rings. The van der Waals surface area contributed by atoms with Crippen molar-refractivity contribution in [2.24, 2.45) is 5.92 Å². The van der Waals surface area contributed by atoms with Crippen LogP contribution in [0.1, 0.15) is 38.3 Å². The van der Waals surface area contributed by atoms with Gasteiger partial charge in [-0.2, -0.15) is 0 Å². The molecule has 2 amide bonds. The maximum absolute atomic E-state index is 12.5. The summed E-state index contributed by atoms with van der Waals surface area (Å²) in [7, 11) is 3.13. The molecule has 0 spiro atoms. The van der Waals surface area contributed by atoms with Crippen molar-refractivity contribution in [1.82, 2.24) is 5.32 Å². The maximum atomic E-state index is 12.5. The largest absolute Gasteiger partial charge is 0.496 e. The molecule has 0 fully saturated rings. The van der Waals surface area contributed by atoms with Gasteiger partial charge in [0.1, 0.15) is 5.75 Å². The number of anilines is 1. The number of aliphatic hydroxyl groups excluding tert-OH is 1. The van der Waals surface area contributed by atoms with Crippen LogP contribution in [-0.2, 0) is 0 Å². The molecule has 2 aromatic rings. The maximum Gasteiger partial charge on any atom is 0.319 e. The highest BCUT2D eigenvalue weighted by molar-refractivity contribution is 5.90. The van der Waals surface area contributed by atoms with E-state index in [-0.39, 0.29) is 6.61 Å². The van der Waals surface area contributed by atoms with E-state index >= 15 is 0 Å². The predicted molar refractivity (Wildman–Crippen MR) is 118 cm³/mol. The highest BCUT2D eigenvalue weighted by Crippen LogP contribution is 2.31. The summed E-state index contributed by atoms with van der Waals surface area (Å²) in [5.41, 5.74) is 1.26. The van der Waals surface area contributed by atoms with Crippen LogP contribution < -0.4 is 24.8 Å². The van der Waals surface area contributed by atoms with Gasteiger partial charge in [0.2, 0.25) is 0 Å². The van der Waals surface area contributed by atoms with Crippen molar-refractivity contribution >= 4 is 11.7 Å². The molecule has 0 bridgehead atoms. The topological polar surface area (TPSA) is 89.1 Å². The van der Waals surface area contributed by atoms with Gasteiger partial charge in [-0.3, -0.25) is 0 Å². The number of methoxy groups -OCH3 is 2. The summed E-state index contributed by atoms with van der Waals surface area (Å²) in [5, 5.41) is 15.3. The minimum absolute atomic E-state index is 0.263. The van der Waals surface area contributed by atoms with Crippen LogP contribution in [0.4, 0.5) is 10.5 Å². The first-order valence-electron chi connectivity index (χ1n) is 10.1. The fourth-order valence-corrected chi connectivity index (χ4v) is 3.04. The number of urea groups is 1. The predicted octanol–water partition coefficient (Wildman–Crippen LogP) is 4.37. The van der Waals surface area contributed by atoms with Crippen molar-refractivity contribution in [3.63, 3.8) is 0 Å². The number of hydrogen-bond donors (Lipinski definition) is 3. The number of benzene rings is 2. The van der Waals surface area contributed by atoms with Crippen molar-refractivity contribution in [2.75, 3.05) is 32.8 Å². The molecular formula is C23H32N2O5. The number of amides is 2. The van der Waals surface area contributed by atoms with Crippen LogP contribution >= 0.6 is 0 Å². The molecule has 0 heterocycles. The average molecular weight is 417 g/mol. The van der Waals surface area contributed by atoms with E-state index < -0.39 is 12.1 Å². The Morgan fingerprint density at radius 1 is 1.03 bits per heavy atom. The number of aliphatic hydroxyl groups is 1. The van der Waals surface area contributed by atoms with Gasteiger partial charge in [-0.1, -0.05) is 32.0 Å². The minimum Gasteiger partial charge on any atom is -0.496 e. The number of para-hydroxylation sites is 1. The van der Waals surface area contributed by atoms with Gasteiger partial charge in [0.15, 0.2) is 11.5 Å². The summed E-state index contributed by atoms with van der Waals surface area (Å²) in [6.07, 6.45) is 2.02. The van der Waals surface area contributed by atoms with Gasteiger partial charge in [-0.25, -0.2) is 4.79 Å². The second-order valence-corrected chi connectivity index (χ2v) is 7.33. The Kier molecular flexibility index (Phi) is 9.28. The van der Waals surface area contributed by atoms with E-state index in [0.717, 1.165) is 12.8 Å². The van der Waals surface area contributed by atoms with E-state index in [1.165, 1.54) is 0 Å². The van der Waals surface area contributed by atoms with Gasteiger partial charge in [-0.05, 0) is 37.0 Å². The van der Waals surface area contributed by atoms with Crippen molar-refractivity contribution in [2.45, 2.75) is 32.7 Å². The molecular weight excluding hydrogens is 384 g/mol. The average Bonchev–Trinajstić information content (AvgIpc) is 2.75. The molecule has 0 aliphatic heterocycles. The zero-order chi connectivity index (χ0) is 21.9. The first-order valence-corrected chi connectivity index (χ1v) is 10.1. The number of nitrogens with one attached hydrogen (secondary N) is 2. The van der Waals surface area contributed by atoms with Gasteiger partial charge in [0.05, 0.1) is 33.5 Å². The molecule has 0 radical (unpaired) electrons. The SMILES string of the molecule is COc1ccc(NC(=O)NC(CO)c2ccccc2OC)cc1OCCCC(C)C. The van der Waals surface area contributed by atoms with Gasteiger partial charge in [-0.15, -0.1) is 0 Å². The lowest BCUT2D eigenvalue weighted by molar-refractivity contribution is 0.224. The summed E-state index contributed by atoms with van der Waals surface area (Å²) in [4.78, 5) is 12.5. The molecule has 30 heavy (non-hydrogen) atoms. The standard InChI is InChI=1S/C23H32N2O5/c1-16(2)8-7-13-30-22-14-17(11-12-21(22)29-4)24-23(27)25-19(15-26)18-9-5-6-10-20(18)28-3/h5-6,9-12,14,16,19,26H,7-8,13,15H2,1-4H3,(H2,24,25,27). The molecule has 1 unspecified atom stereocenters. The van der Waals surface area contributed by atoms with Gasteiger partial charge >= 0.3 is 6.03 Å². The second kappa shape index (κ2) is 11.9. The number of carbonyl (C=O) groups is 1.